The number of anilines is 2. The summed E-state index contributed by atoms with van der Waals surface area (Å²) >= 11 is 0. The van der Waals surface area contributed by atoms with Gasteiger partial charge in [-0.3, -0.25) is 10.1 Å². The highest BCUT2D eigenvalue weighted by Gasteiger charge is 2.20. The Balaban J connectivity index is 1.44. The molecule has 9 nitrogen and oxygen atoms in total. The molecule has 0 spiro atoms. The third-order valence-corrected chi connectivity index (χ3v) is 6.07. The van der Waals surface area contributed by atoms with E-state index in [0.717, 1.165) is 70.9 Å². The van der Waals surface area contributed by atoms with Crippen molar-refractivity contribution in [2.24, 2.45) is 0 Å². The molecule has 1 aliphatic rings. The SMILES string of the molecule is CN1CCN(c2cccc3[nH]c(-c4[nH]nc5ncc(-c6cncc(N)c6)cc45)nc23)CC1. The fraction of sp³-hybridized carbons (Fsp3) is 0.217. The summed E-state index contributed by atoms with van der Waals surface area (Å²) < 4.78 is 0. The second-order valence-corrected chi connectivity index (χ2v) is 8.25. The molecule has 0 unspecified atom stereocenters. The number of likely N-dealkylation sites (N-methyl/N-ethyl adjacent to an activating group) is 1. The van der Waals surface area contributed by atoms with Gasteiger partial charge in [-0.15, -0.1) is 0 Å². The van der Waals surface area contributed by atoms with Gasteiger partial charge < -0.3 is 20.5 Å². The number of nitrogen functional groups attached to an aromatic ring is 1. The van der Waals surface area contributed by atoms with E-state index in [4.69, 9.17) is 10.7 Å². The van der Waals surface area contributed by atoms with Crippen LogP contribution in [0.3, 0.4) is 0 Å². The largest absolute Gasteiger partial charge is 0.397 e. The lowest BCUT2D eigenvalue weighted by Gasteiger charge is -2.34. The standard InChI is InChI=1S/C23H23N9/c1-31-5-7-32(8-6-31)19-4-2-3-18-21(19)28-23(27-18)20-17-10-15(12-26-22(17)30-29-20)14-9-16(24)13-25-11-14/h2-4,9-13H,5-8,24H2,1H3,(H,27,28)(H,26,29,30). The maximum absolute atomic E-state index is 5.91. The Bertz CT molecular complexity index is 1430. The minimum atomic E-state index is 0.615. The van der Waals surface area contributed by atoms with Crippen LogP contribution in [0.15, 0.2) is 48.9 Å². The molecule has 160 valence electrons. The van der Waals surface area contributed by atoms with Gasteiger partial charge in [-0.1, -0.05) is 6.07 Å². The zero-order valence-corrected chi connectivity index (χ0v) is 17.7. The molecule has 1 aromatic carbocycles. The number of nitrogens with zero attached hydrogens (tertiary/aromatic N) is 6. The van der Waals surface area contributed by atoms with Crippen molar-refractivity contribution in [1.82, 2.24) is 35.0 Å². The maximum Gasteiger partial charge on any atom is 0.181 e. The molecule has 1 fully saturated rings. The minimum Gasteiger partial charge on any atom is -0.397 e. The summed E-state index contributed by atoms with van der Waals surface area (Å²) in [5, 5.41) is 8.40. The lowest BCUT2D eigenvalue weighted by Crippen LogP contribution is -2.44. The molecule has 0 radical (unpaired) electrons. The van der Waals surface area contributed by atoms with Crippen LogP contribution in [0.1, 0.15) is 0 Å². The number of para-hydroxylation sites is 1. The zero-order chi connectivity index (χ0) is 21.7. The van der Waals surface area contributed by atoms with Gasteiger partial charge >= 0.3 is 0 Å². The first-order valence-corrected chi connectivity index (χ1v) is 10.6. The first-order valence-electron chi connectivity index (χ1n) is 10.6. The fourth-order valence-corrected chi connectivity index (χ4v) is 4.29. The van der Waals surface area contributed by atoms with Crippen molar-refractivity contribution in [1.29, 1.82) is 0 Å². The molecule has 32 heavy (non-hydrogen) atoms. The third kappa shape index (κ3) is 3.14. The lowest BCUT2D eigenvalue weighted by molar-refractivity contribution is 0.313. The summed E-state index contributed by atoms with van der Waals surface area (Å²) in [6.45, 7) is 4.08. The van der Waals surface area contributed by atoms with Gasteiger partial charge in [0, 0.05) is 55.9 Å². The van der Waals surface area contributed by atoms with E-state index in [2.05, 4.69) is 60.2 Å². The molecule has 9 heteroatoms. The minimum absolute atomic E-state index is 0.615. The smallest absolute Gasteiger partial charge is 0.181 e. The van der Waals surface area contributed by atoms with Crippen LogP contribution in [0.4, 0.5) is 11.4 Å². The van der Waals surface area contributed by atoms with E-state index < -0.39 is 0 Å². The van der Waals surface area contributed by atoms with Crippen molar-refractivity contribution in [2.45, 2.75) is 0 Å². The average Bonchev–Trinajstić information content (AvgIpc) is 3.43. The van der Waals surface area contributed by atoms with E-state index >= 15 is 0 Å². The molecule has 5 aromatic rings. The number of hydrogen-bond donors (Lipinski definition) is 3. The van der Waals surface area contributed by atoms with Crippen LogP contribution in [-0.2, 0) is 0 Å². The summed E-state index contributed by atoms with van der Waals surface area (Å²) in [5.74, 6) is 0.744. The molecule has 0 aliphatic carbocycles. The van der Waals surface area contributed by atoms with E-state index in [1.54, 1.807) is 18.6 Å². The van der Waals surface area contributed by atoms with Crippen molar-refractivity contribution in [2.75, 3.05) is 43.9 Å². The van der Waals surface area contributed by atoms with Crippen molar-refractivity contribution in [3.05, 3.63) is 48.9 Å². The van der Waals surface area contributed by atoms with Gasteiger partial charge in [-0.2, -0.15) is 5.10 Å². The van der Waals surface area contributed by atoms with Crippen LogP contribution in [-0.4, -0.2) is 68.3 Å². The molecule has 0 saturated carbocycles. The number of hydrogen-bond acceptors (Lipinski definition) is 7. The first kappa shape index (κ1) is 18.8. The van der Waals surface area contributed by atoms with E-state index in [9.17, 15) is 0 Å². The van der Waals surface area contributed by atoms with Gasteiger partial charge in [0.2, 0.25) is 0 Å². The Morgan fingerprint density at radius 1 is 1.00 bits per heavy atom. The Morgan fingerprint density at radius 2 is 1.84 bits per heavy atom. The monoisotopic (exact) mass is 425 g/mol. The van der Waals surface area contributed by atoms with E-state index in [0.29, 0.717) is 11.3 Å². The average molecular weight is 426 g/mol. The van der Waals surface area contributed by atoms with Gasteiger partial charge in [0.05, 0.1) is 22.3 Å². The van der Waals surface area contributed by atoms with Crippen molar-refractivity contribution >= 4 is 33.4 Å². The second-order valence-electron chi connectivity index (χ2n) is 8.25. The molecule has 5 heterocycles. The molecule has 4 N–H and O–H groups in total. The Morgan fingerprint density at radius 3 is 2.69 bits per heavy atom. The lowest BCUT2D eigenvalue weighted by atomic mass is 10.1. The zero-order valence-electron chi connectivity index (χ0n) is 17.7. The Hall–Kier alpha value is -3.98. The highest BCUT2D eigenvalue weighted by molar-refractivity contribution is 5.96. The number of pyridine rings is 2. The van der Waals surface area contributed by atoms with Crippen LogP contribution < -0.4 is 10.6 Å². The predicted molar refractivity (Wildman–Crippen MR) is 126 cm³/mol. The highest BCUT2D eigenvalue weighted by Crippen LogP contribution is 2.32. The van der Waals surface area contributed by atoms with Crippen molar-refractivity contribution in [3.8, 4) is 22.6 Å². The van der Waals surface area contributed by atoms with Crippen LogP contribution in [0.5, 0.6) is 0 Å². The number of benzene rings is 1. The third-order valence-electron chi connectivity index (χ3n) is 6.07. The number of imidazole rings is 1. The number of nitrogens with two attached hydrogens (primary N) is 1. The van der Waals surface area contributed by atoms with Gasteiger partial charge in [0.25, 0.3) is 0 Å². The summed E-state index contributed by atoms with van der Waals surface area (Å²) in [4.78, 5) is 21.9. The number of aromatic nitrogens is 6. The molecule has 1 aliphatic heterocycles. The Kier molecular flexibility index (Phi) is 4.29. The summed E-state index contributed by atoms with van der Waals surface area (Å²) in [5.41, 5.74) is 12.9. The number of aromatic amines is 2. The maximum atomic E-state index is 5.91. The molecular formula is C23H23N9. The van der Waals surface area contributed by atoms with E-state index in [1.165, 1.54) is 0 Å². The fourth-order valence-electron chi connectivity index (χ4n) is 4.29. The molecule has 1 saturated heterocycles. The molecule has 0 bridgehead atoms. The summed E-state index contributed by atoms with van der Waals surface area (Å²) in [6, 6.07) is 10.2. The quantitative estimate of drug-likeness (QED) is 0.407. The predicted octanol–water partition coefficient (Wildman–Crippen LogP) is 2.90. The van der Waals surface area contributed by atoms with Crippen LogP contribution in [0.2, 0.25) is 0 Å². The summed E-state index contributed by atoms with van der Waals surface area (Å²) in [7, 11) is 2.16. The number of piperazine rings is 1. The molecule has 4 aromatic heterocycles. The number of fused-ring (bicyclic) bond motifs is 2. The Labute approximate surface area is 184 Å². The van der Waals surface area contributed by atoms with E-state index in [-0.39, 0.29) is 0 Å². The molecule has 6 rings (SSSR count). The molecule has 0 amide bonds. The van der Waals surface area contributed by atoms with Gasteiger partial charge in [0.1, 0.15) is 11.2 Å². The highest BCUT2D eigenvalue weighted by atomic mass is 15.3. The van der Waals surface area contributed by atoms with Crippen molar-refractivity contribution in [3.63, 3.8) is 0 Å². The first-order chi connectivity index (χ1) is 15.7. The number of rotatable bonds is 3. The van der Waals surface area contributed by atoms with Gasteiger partial charge in [-0.25, -0.2) is 9.97 Å². The van der Waals surface area contributed by atoms with Gasteiger partial charge in [-0.05, 0) is 31.3 Å². The topological polar surface area (TPSA) is 116 Å². The van der Waals surface area contributed by atoms with E-state index in [1.807, 2.05) is 12.1 Å². The van der Waals surface area contributed by atoms with Crippen LogP contribution >= 0.6 is 0 Å². The summed E-state index contributed by atoms with van der Waals surface area (Å²) in [6.07, 6.45) is 5.20. The number of nitrogens with one attached hydrogen (secondary N) is 2. The normalized spacial score (nSPS) is 15.1. The van der Waals surface area contributed by atoms with Gasteiger partial charge in [0.15, 0.2) is 11.5 Å². The van der Waals surface area contributed by atoms with Crippen molar-refractivity contribution < 1.29 is 0 Å². The second kappa shape index (κ2) is 7.31. The molecular weight excluding hydrogens is 402 g/mol. The number of H-pyrrole nitrogens is 2. The van der Waals surface area contributed by atoms with Crippen LogP contribution in [0, 0.1) is 0 Å². The van der Waals surface area contributed by atoms with Crippen LogP contribution in [0.25, 0.3) is 44.7 Å². The molecule has 0 atom stereocenters.